The molecule has 1 aliphatic rings. The third kappa shape index (κ3) is 3.63. The third-order valence-electron chi connectivity index (χ3n) is 2.74. The zero-order valence-corrected chi connectivity index (χ0v) is 8.62. The van der Waals surface area contributed by atoms with Crippen LogP contribution in [0, 0.1) is 0 Å². The first-order valence-corrected chi connectivity index (χ1v) is 5.16. The molecule has 1 rings (SSSR count). The second-order valence-electron chi connectivity index (χ2n) is 3.96. The Morgan fingerprint density at radius 2 is 2.23 bits per heavy atom. The number of rotatable bonds is 6. The number of hydrogen-bond donors (Lipinski definition) is 2. The molecule has 1 aliphatic carbocycles. The highest BCUT2D eigenvalue weighted by Crippen LogP contribution is 2.23. The normalized spacial score (nSPS) is 29.8. The van der Waals surface area contributed by atoms with Crippen molar-refractivity contribution in [1.29, 1.82) is 0 Å². The first-order valence-electron chi connectivity index (χ1n) is 5.16. The Labute approximate surface area is 80.5 Å². The minimum atomic E-state index is 0.303. The van der Waals surface area contributed by atoms with Gasteiger partial charge in [0.2, 0.25) is 0 Å². The van der Waals surface area contributed by atoms with Crippen LogP contribution in [-0.4, -0.2) is 37.0 Å². The van der Waals surface area contributed by atoms with Crippen LogP contribution in [0.15, 0.2) is 0 Å². The highest BCUT2D eigenvalue weighted by atomic mass is 16.5. The maximum atomic E-state index is 8.65. The van der Waals surface area contributed by atoms with Crippen LogP contribution in [0.1, 0.15) is 32.6 Å². The van der Waals surface area contributed by atoms with E-state index in [2.05, 4.69) is 12.2 Å². The summed E-state index contributed by atoms with van der Waals surface area (Å²) >= 11 is 0. The fourth-order valence-electron chi connectivity index (χ4n) is 1.78. The number of aliphatic hydroxyl groups is 1. The molecule has 1 fully saturated rings. The molecule has 0 bridgehead atoms. The molecule has 78 valence electrons. The summed E-state index contributed by atoms with van der Waals surface area (Å²) in [4.78, 5) is 0. The summed E-state index contributed by atoms with van der Waals surface area (Å²) in [5, 5.41) is 12.2. The predicted molar refractivity (Wildman–Crippen MR) is 52.7 cm³/mol. The first kappa shape index (κ1) is 11.0. The lowest BCUT2D eigenvalue weighted by molar-refractivity contribution is 0.0143. The van der Waals surface area contributed by atoms with Crippen molar-refractivity contribution in [2.75, 3.05) is 13.7 Å². The van der Waals surface area contributed by atoms with Crippen molar-refractivity contribution >= 4 is 0 Å². The van der Waals surface area contributed by atoms with Gasteiger partial charge in [-0.1, -0.05) is 0 Å². The molecule has 0 aromatic rings. The van der Waals surface area contributed by atoms with Gasteiger partial charge in [-0.3, -0.25) is 0 Å². The molecule has 0 aliphatic heterocycles. The molecule has 0 saturated heterocycles. The molecule has 0 spiro atoms. The highest BCUT2D eigenvalue weighted by Gasteiger charge is 2.29. The Hall–Kier alpha value is -0.120. The number of hydrogen-bond acceptors (Lipinski definition) is 3. The van der Waals surface area contributed by atoms with E-state index in [1.165, 1.54) is 0 Å². The molecular formula is C10H21NO2. The molecule has 0 heterocycles. The van der Waals surface area contributed by atoms with Crippen LogP contribution >= 0.6 is 0 Å². The predicted octanol–water partition coefficient (Wildman–Crippen LogP) is 0.914. The molecule has 0 radical (unpaired) electrons. The van der Waals surface area contributed by atoms with E-state index in [9.17, 15) is 0 Å². The summed E-state index contributed by atoms with van der Waals surface area (Å²) < 4.78 is 5.20. The molecule has 2 N–H and O–H groups in total. The zero-order valence-electron chi connectivity index (χ0n) is 8.62. The quantitative estimate of drug-likeness (QED) is 0.649. The van der Waals surface area contributed by atoms with E-state index in [1.807, 2.05) is 0 Å². The van der Waals surface area contributed by atoms with Crippen molar-refractivity contribution in [3.63, 3.8) is 0 Å². The van der Waals surface area contributed by atoms with Gasteiger partial charge in [0.25, 0.3) is 0 Å². The Morgan fingerprint density at radius 3 is 2.77 bits per heavy atom. The lowest BCUT2D eigenvalue weighted by Crippen LogP contribution is -2.48. The van der Waals surface area contributed by atoms with Gasteiger partial charge in [-0.25, -0.2) is 0 Å². The van der Waals surface area contributed by atoms with Crippen molar-refractivity contribution in [2.45, 2.75) is 50.8 Å². The van der Waals surface area contributed by atoms with Gasteiger partial charge < -0.3 is 15.2 Å². The van der Waals surface area contributed by atoms with E-state index in [4.69, 9.17) is 9.84 Å². The molecule has 0 aromatic carbocycles. The van der Waals surface area contributed by atoms with Gasteiger partial charge in [-0.15, -0.1) is 0 Å². The van der Waals surface area contributed by atoms with Crippen molar-refractivity contribution in [3.05, 3.63) is 0 Å². The fourth-order valence-corrected chi connectivity index (χ4v) is 1.78. The van der Waals surface area contributed by atoms with E-state index in [0.29, 0.717) is 24.8 Å². The van der Waals surface area contributed by atoms with Crippen LogP contribution < -0.4 is 5.32 Å². The number of aliphatic hydroxyl groups excluding tert-OH is 1. The van der Waals surface area contributed by atoms with Crippen LogP contribution in [0.3, 0.4) is 0 Å². The standard InChI is InChI=1S/C10H21NO2/c1-8(4-3-5-12)11-9-6-10(7-9)13-2/h8-12H,3-7H2,1-2H3. The Kier molecular flexibility index (Phi) is 4.70. The summed E-state index contributed by atoms with van der Waals surface area (Å²) in [7, 11) is 1.77. The molecular weight excluding hydrogens is 166 g/mol. The topological polar surface area (TPSA) is 41.5 Å². The van der Waals surface area contributed by atoms with Gasteiger partial charge >= 0.3 is 0 Å². The summed E-state index contributed by atoms with van der Waals surface area (Å²) in [5.74, 6) is 0. The molecule has 1 atom stereocenters. The maximum absolute atomic E-state index is 8.65. The molecule has 3 heteroatoms. The van der Waals surface area contributed by atoms with Crippen LogP contribution in [0.5, 0.6) is 0 Å². The summed E-state index contributed by atoms with van der Waals surface area (Å²) in [6.07, 6.45) is 4.71. The average Bonchev–Trinajstić information content (AvgIpc) is 2.07. The lowest BCUT2D eigenvalue weighted by atomic mass is 9.88. The number of nitrogens with one attached hydrogen (secondary N) is 1. The maximum Gasteiger partial charge on any atom is 0.0601 e. The van der Waals surface area contributed by atoms with Crippen LogP contribution in [0.25, 0.3) is 0 Å². The minimum absolute atomic E-state index is 0.303. The van der Waals surface area contributed by atoms with Gasteiger partial charge in [0.05, 0.1) is 6.10 Å². The highest BCUT2D eigenvalue weighted by molar-refractivity contribution is 4.87. The van der Waals surface area contributed by atoms with E-state index in [0.717, 1.165) is 25.7 Å². The Balaban J connectivity index is 1.99. The van der Waals surface area contributed by atoms with E-state index in [1.54, 1.807) is 7.11 Å². The van der Waals surface area contributed by atoms with Crippen molar-refractivity contribution in [1.82, 2.24) is 5.32 Å². The number of methoxy groups -OCH3 is 1. The largest absolute Gasteiger partial charge is 0.396 e. The summed E-state index contributed by atoms with van der Waals surface area (Å²) in [5.41, 5.74) is 0. The van der Waals surface area contributed by atoms with Crippen LogP contribution in [0.4, 0.5) is 0 Å². The smallest absolute Gasteiger partial charge is 0.0601 e. The molecule has 3 nitrogen and oxygen atoms in total. The molecule has 0 aromatic heterocycles. The fraction of sp³-hybridized carbons (Fsp3) is 1.00. The van der Waals surface area contributed by atoms with Gasteiger partial charge in [0.15, 0.2) is 0 Å². The van der Waals surface area contributed by atoms with Crippen LogP contribution in [0.2, 0.25) is 0 Å². The third-order valence-corrected chi connectivity index (χ3v) is 2.74. The van der Waals surface area contributed by atoms with Crippen LogP contribution in [-0.2, 0) is 4.74 Å². The van der Waals surface area contributed by atoms with Gasteiger partial charge in [0, 0.05) is 25.8 Å². The Bertz CT molecular complexity index is 132. The SMILES string of the molecule is COC1CC(NC(C)CCCO)C1. The second-order valence-corrected chi connectivity index (χ2v) is 3.96. The van der Waals surface area contributed by atoms with Gasteiger partial charge in [-0.2, -0.15) is 0 Å². The van der Waals surface area contributed by atoms with E-state index in [-0.39, 0.29) is 0 Å². The van der Waals surface area contributed by atoms with E-state index >= 15 is 0 Å². The molecule has 13 heavy (non-hydrogen) atoms. The Morgan fingerprint density at radius 1 is 1.54 bits per heavy atom. The van der Waals surface area contributed by atoms with Crippen molar-refractivity contribution < 1.29 is 9.84 Å². The average molecular weight is 187 g/mol. The zero-order chi connectivity index (χ0) is 9.68. The molecule has 1 unspecified atom stereocenters. The summed E-state index contributed by atoms with van der Waals surface area (Å²) in [6, 6.07) is 1.16. The van der Waals surface area contributed by atoms with Crippen molar-refractivity contribution in [2.24, 2.45) is 0 Å². The molecule has 0 amide bonds. The lowest BCUT2D eigenvalue weighted by Gasteiger charge is -2.36. The van der Waals surface area contributed by atoms with Crippen molar-refractivity contribution in [3.8, 4) is 0 Å². The number of ether oxygens (including phenoxy) is 1. The monoisotopic (exact) mass is 187 g/mol. The first-order chi connectivity index (χ1) is 6.26. The van der Waals surface area contributed by atoms with E-state index < -0.39 is 0 Å². The van der Waals surface area contributed by atoms with Gasteiger partial charge in [-0.05, 0) is 32.6 Å². The summed E-state index contributed by atoms with van der Waals surface area (Å²) in [6.45, 7) is 2.48. The molecule has 1 saturated carbocycles. The second kappa shape index (κ2) is 5.58. The van der Waals surface area contributed by atoms with Gasteiger partial charge in [0.1, 0.15) is 0 Å². The minimum Gasteiger partial charge on any atom is -0.396 e.